The maximum Gasteiger partial charge on any atom is 0.314 e. The van der Waals surface area contributed by atoms with Crippen LogP contribution in [0.25, 0.3) is 0 Å². The first-order valence-corrected chi connectivity index (χ1v) is 5.96. The lowest BCUT2D eigenvalue weighted by molar-refractivity contribution is 0.0924. The second-order valence-electron chi connectivity index (χ2n) is 4.70. The van der Waals surface area contributed by atoms with Crippen LogP contribution < -0.4 is 15.8 Å². The largest absolute Gasteiger partial charge is 0.467 e. The van der Waals surface area contributed by atoms with Gasteiger partial charge in [0, 0.05) is 6.54 Å². The minimum Gasteiger partial charge on any atom is -0.467 e. The van der Waals surface area contributed by atoms with Gasteiger partial charge in [-0.05, 0) is 25.3 Å². The number of amides is 1. The molecule has 0 bridgehead atoms. The van der Waals surface area contributed by atoms with E-state index in [0.29, 0.717) is 18.7 Å². The molecule has 1 rings (SSSR count). The van der Waals surface area contributed by atoms with Gasteiger partial charge < -0.3 is 20.3 Å². The summed E-state index contributed by atoms with van der Waals surface area (Å²) in [6.45, 7) is 6.83. The lowest BCUT2D eigenvalue weighted by Gasteiger charge is -2.26. The molecule has 0 aliphatic carbocycles. The molecule has 0 radical (unpaired) electrons. The molecule has 1 amide bonds. The summed E-state index contributed by atoms with van der Waals surface area (Å²) in [5.41, 5.74) is 6.44. The first-order valence-electron chi connectivity index (χ1n) is 5.96. The standard InChI is InChI=1S/C12H21N3O3/c1-5-12(3,6-13)7-14-10(16)9-8(2)11(17-4)18-15-9/h5-7,13H2,1-4H3,(H,14,16). The third-order valence-corrected chi connectivity index (χ3v) is 3.30. The Kier molecular flexibility index (Phi) is 4.72. The third kappa shape index (κ3) is 3.01. The van der Waals surface area contributed by atoms with Gasteiger partial charge >= 0.3 is 5.95 Å². The minimum absolute atomic E-state index is 0.0998. The molecule has 0 aliphatic rings. The van der Waals surface area contributed by atoms with E-state index in [2.05, 4.69) is 10.5 Å². The molecule has 0 spiro atoms. The van der Waals surface area contributed by atoms with Crippen molar-refractivity contribution in [3.05, 3.63) is 11.3 Å². The molecule has 1 unspecified atom stereocenters. The quantitative estimate of drug-likeness (QED) is 0.794. The van der Waals surface area contributed by atoms with Crippen molar-refractivity contribution in [2.24, 2.45) is 11.1 Å². The molecule has 1 aromatic rings. The Labute approximate surface area is 107 Å². The predicted octanol–water partition coefficient (Wildman–Crippen LogP) is 1.10. The first kappa shape index (κ1) is 14.5. The van der Waals surface area contributed by atoms with Crippen LogP contribution >= 0.6 is 0 Å². The van der Waals surface area contributed by atoms with Crippen LogP contribution in [0.2, 0.25) is 0 Å². The Morgan fingerprint density at radius 2 is 2.28 bits per heavy atom. The number of aromatic nitrogens is 1. The molecule has 0 aromatic carbocycles. The maximum absolute atomic E-state index is 11.9. The van der Waals surface area contributed by atoms with Crippen LogP contribution in [0.1, 0.15) is 36.3 Å². The van der Waals surface area contributed by atoms with Gasteiger partial charge in [-0.3, -0.25) is 4.79 Å². The van der Waals surface area contributed by atoms with Gasteiger partial charge in [0.25, 0.3) is 5.91 Å². The van der Waals surface area contributed by atoms with Crippen LogP contribution in [0.15, 0.2) is 4.52 Å². The van der Waals surface area contributed by atoms with Crippen molar-refractivity contribution in [2.75, 3.05) is 20.2 Å². The van der Waals surface area contributed by atoms with E-state index < -0.39 is 0 Å². The second-order valence-corrected chi connectivity index (χ2v) is 4.70. The summed E-state index contributed by atoms with van der Waals surface area (Å²) in [6.07, 6.45) is 0.894. The molecule has 6 heteroatoms. The van der Waals surface area contributed by atoms with Crippen molar-refractivity contribution in [3.8, 4) is 5.95 Å². The van der Waals surface area contributed by atoms with Crippen LogP contribution in [0.4, 0.5) is 0 Å². The lowest BCUT2D eigenvalue weighted by Crippen LogP contribution is -2.40. The Bertz CT molecular complexity index is 411. The number of nitrogens with two attached hydrogens (primary N) is 1. The van der Waals surface area contributed by atoms with E-state index in [1.807, 2.05) is 13.8 Å². The van der Waals surface area contributed by atoms with Gasteiger partial charge in [0.2, 0.25) is 0 Å². The van der Waals surface area contributed by atoms with Crippen LogP contribution in [-0.2, 0) is 0 Å². The Morgan fingerprint density at radius 3 is 2.72 bits per heavy atom. The first-order chi connectivity index (χ1) is 8.47. The Balaban J connectivity index is 2.68. The average molecular weight is 255 g/mol. The smallest absolute Gasteiger partial charge is 0.314 e. The molecule has 6 nitrogen and oxygen atoms in total. The zero-order chi connectivity index (χ0) is 13.8. The van der Waals surface area contributed by atoms with Crippen molar-refractivity contribution >= 4 is 5.91 Å². The number of ether oxygens (including phenoxy) is 1. The molecular weight excluding hydrogens is 234 g/mol. The van der Waals surface area contributed by atoms with Gasteiger partial charge in [0.05, 0.1) is 12.7 Å². The Morgan fingerprint density at radius 1 is 1.61 bits per heavy atom. The summed E-state index contributed by atoms with van der Waals surface area (Å²) in [5.74, 6) is -0.00935. The van der Waals surface area contributed by atoms with Gasteiger partial charge in [-0.1, -0.05) is 19.0 Å². The number of carbonyl (C=O) groups is 1. The van der Waals surface area contributed by atoms with Crippen molar-refractivity contribution in [1.82, 2.24) is 10.5 Å². The van der Waals surface area contributed by atoms with Crippen LogP contribution in [-0.4, -0.2) is 31.3 Å². The minimum atomic E-state index is -0.271. The highest BCUT2D eigenvalue weighted by Crippen LogP contribution is 2.21. The van der Waals surface area contributed by atoms with Crippen LogP contribution in [0, 0.1) is 12.3 Å². The van der Waals surface area contributed by atoms with Gasteiger partial charge in [0.15, 0.2) is 5.69 Å². The third-order valence-electron chi connectivity index (χ3n) is 3.30. The van der Waals surface area contributed by atoms with E-state index in [-0.39, 0.29) is 23.0 Å². The highest BCUT2D eigenvalue weighted by Gasteiger charge is 2.24. The fourth-order valence-electron chi connectivity index (χ4n) is 1.44. The highest BCUT2D eigenvalue weighted by atomic mass is 16.6. The van der Waals surface area contributed by atoms with Crippen molar-refractivity contribution in [3.63, 3.8) is 0 Å². The number of rotatable bonds is 6. The van der Waals surface area contributed by atoms with Gasteiger partial charge in [-0.2, -0.15) is 0 Å². The zero-order valence-corrected chi connectivity index (χ0v) is 11.4. The van der Waals surface area contributed by atoms with E-state index >= 15 is 0 Å². The number of hydrogen-bond donors (Lipinski definition) is 2. The van der Waals surface area contributed by atoms with Crippen LogP contribution in [0.3, 0.4) is 0 Å². The molecule has 0 saturated carbocycles. The van der Waals surface area contributed by atoms with E-state index in [1.54, 1.807) is 6.92 Å². The normalized spacial score (nSPS) is 14.1. The average Bonchev–Trinajstić information content (AvgIpc) is 2.76. The highest BCUT2D eigenvalue weighted by molar-refractivity contribution is 5.93. The SMILES string of the molecule is CCC(C)(CN)CNC(=O)c1noc(OC)c1C. The van der Waals surface area contributed by atoms with Crippen molar-refractivity contribution in [2.45, 2.75) is 27.2 Å². The zero-order valence-electron chi connectivity index (χ0n) is 11.4. The summed E-state index contributed by atoms with van der Waals surface area (Å²) in [5, 5.41) is 6.52. The summed E-state index contributed by atoms with van der Waals surface area (Å²) >= 11 is 0. The second kappa shape index (κ2) is 5.86. The number of nitrogens with one attached hydrogen (secondary N) is 1. The van der Waals surface area contributed by atoms with Crippen molar-refractivity contribution < 1.29 is 14.1 Å². The van der Waals surface area contributed by atoms with E-state index in [0.717, 1.165) is 6.42 Å². The lowest BCUT2D eigenvalue weighted by atomic mass is 9.88. The molecule has 18 heavy (non-hydrogen) atoms. The maximum atomic E-state index is 11.9. The topological polar surface area (TPSA) is 90.4 Å². The molecule has 0 aliphatic heterocycles. The van der Waals surface area contributed by atoms with E-state index in [4.69, 9.17) is 15.0 Å². The summed E-state index contributed by atoms with van der Waals surface area (Å²) in [4.78, 5) is 11.9. The molecule has 102 valence electrons. The molecular formula is C12H21N3O3. The molecule has 1 aromatic heterocycles. The number of methoxy groups -OCH3 is 1. The van der Waals surface area contributed by atoms with E-state index in [9.17, 15) is 4.79 Å². The van der Waals surface area contributed by atoms with Gasteiger partial charge in [0.1, 0.15) is 0 Å². The number of nitrogens with zero attached hydrogens (tertiary/aromatic N) is 1. The molecule has 1 atom stereocenters. The summed E-state index contributed by atoms with van der Waals surface area (Å²) in [6, 6.07) is 0. The molecule has 3 N–H and O–H groups in total. The fourth-order valence-corrected chi connectivity index (χ4v) is 1.44. The summed E-state index contributed by atoms with van der Waals surface area (Å²) in [7, 11) is 1.47. The Hall–Kier alpha value is -1.56. The van der Waals surface area contributed by atoms with Gasteiger partial charge in [-0.25, -0.2) is 0 Å². The molecule has 1 heterocycles. The van der Waals surface area contributed by atoms with Gasteiger partial charge in [-0.15, -0.1) is 0 Å². The number of carbonyl (C=O) groups excluding carboxylic acids is 1. The monoisotopic (exact) mass is 255 g/mol. The molecule has 0 saturated heterocycles. The molecule has 0 fully saturated rings. The van der Waals surface area contributed by atoms with E-state index in [1.165, 1.54) is 7.11 Å². The predicted molar refractivity (Wildman–Crippen MR) is 67.6 cm³/mol. The summed E-state index contributed by atoms with van der Waals surface area (Å²) < 4.78 is 9.83. The fraction of sp³-hybridized carbons (Fsp3) is 0.667. The van der Waals surface area contributed by atoms with Crippen molar-refractivity contribution in [1.29, 1.82) is 0 Å². The number of hydrogen-bond acceptors (Lipinski definition) is 5. The van der Waals surface area contributed by atoms with Crippen LogP contribution in [0.5, 0.6) is 5.95 Å².